The van der Waals surface area contributed by atoms with E-state index in [1.54, 1.807) is 0 Å². The quantitative estimate of drug-likeness (QED) is 0.378. The summed E-state index contributed by atoms with van der Waals surface area (Å²) in [4.78, 5) is 26.3. The summed E-state index contributed by atoms with van der Waals surface area (Å²) in [5.41, 5.74) is 4.08. The summed E-state index contributed by atoms with van der Waals surface area (Å²) in [6.07, 6.45) is -4.32. The lowest BCUT2D eigenvalue weighted by Crippen LogP contribution is -2.36. The van der Waals surface area contributed by atoms with E-state index in [1.165, 1.54) is 0 Å². The summed E-state index contributed by atoms with van der Waals surface area (Å²) in [6, 6.07) is 0. The predicted molar refractivity (Wildman–Crippen MR) is 72.6 cm³/mol. The molecule has 120 valence electrons. The molecule has 1 fully saturated rings. The third-order valence-corrected chi connectivity index (χ3v) is 3.36. The molecule has 22 heavy (non-hydrogen) atoms. The van der Waals surface area contributed by atoms with Crippen LogP contribution in [-0.4, -0.2) is 60.9 Å². The van der Waals surface area contributed by atoms with Gasteiger partial charge in [-0.3, -0.25) is 4.57 Å². The molecule has 0 amide bonds. The van der Waals surface area contributed by atoms with Crippen LogP contribution in [0.15, 0.2) is 17.6 Å². The molecule has 1 aromatic rings. The Kier molecular flexibility index (Phi) is 4.28. The van der Waals surface area contributed by atoms with Crippen LogP contribution >= 0.6 is 0 Å². The van der Waals surface area contributed by atoms with Crippen LogP contribution in [0.2, 0.25) is 0 Å². The summed E-state index contributed by atoms with van der Waals surface area (Å²) < 4.78 is 5.99. The normalized spacial score (nSPS) is 27.8. The van der Waals surface area contributed by atoms with Gasteiger partial charge in [-0.2, -0.15) is 4.98 Å². The largest absolute Gasteiger partial charge is 0.478 e. The van der Waals surface area contributed by atoms with Gasteiger partial charge in [-0.05, 0) is 0 Å². The number of hydrogen-bond donors (Lipinski definition) is 5. The van der Waals surface area contributed by atoms with Crippen molar-refractivity contribution in [2.45, 2.75) is 24.5 Å². The van der Waals surface area contributed by atoms with Crippen LogP contribution < -0.4 is 11.4 Å². The van der Waals surface area contributed by atoms with Crippen molar-refractivity contribution in [3.63, 3.8) is 0 Å². The van der Waals surface area contributed by atoms with E-state index in [0.717, 1.165) is 10.8 Å². The van der Waals surface area contributed by atoms with Crippen molar-refractivity contribution >= 4 is 17.4 Å². The molecule has 0 spiro atoms. The molecule has 0 aliphatic carbocycles. The Morgan fingerprint density at radius 1 is 1.45 bits per heavy atom. The number of aliphatic hydroxyl groups is 3. The molecule has 2 rings (SSSR count). The van der Waals surface area contributed by atoms with Crippen molar-refractivity contribution in [2.75, 3.05) is 12.3 Å². The summed E-state index contributed by atoms with van der Waals surface area (Å²) in [6.45, 7) is 2.75. The number of carboxylic acids is 1. The molecule has 0 saturated carbocycles. The van der Waals surface area contributed by atoms with E-state index < -0.39 is 48.4 Å². The number of aliphatic carboxylic acids is 1. The number of rotatable bonds is 4. The van der Waals surface area contributed by atoms with Crippen LogP contribution in [0.3, 0.4) is 0 Å². The zero-order valence-corrected chi connectivity index (χ0v) is 11.3. The van der Waals surface area contributed by atoms with Crippen LogP contribution in [0.25, 0.3) is 5.57 Å². The first-order valence-electron chi connectivity index (χ1n) is 6.21. The highest BCUT2D eigenvalue weighted by molar-refractivity contribution is 6.15. The Balaban J connectivity index is 2.48. The fraction of sp³-hybridized carbons (Fsp3) is 0.417. The van der Waals surface area contributed by atoms with Crippen LogP contribution in [-0.2, 0) is 9.53 Å². The molecule has 0 bridgehead atoms. The number of carboxylic acid groups (broad SMARTS) is 1. The summed E-state index contributed by atoms with van der Waals surface area (Å²) in [5, 5.41) is 37.6. The molecule has 1 aromatic heterocycles. The number of aromatic nitrogens is 2. The van der Waals surface area contributed by atoms with Crippen molar-refractivity contribution in [3.05, 3.63) is 28.8 Å². The van der Waals surface area contributed by atoms with Crippen molar-refractivity contribution in [1.82, 2.24) is 9.55 Å². The number of anilines is 1. The van der Waals surface area contributed by atoms with Crippen LogP contribution in [0.4, 0.5) is 5.82 Å². The molecule has 4 atom stereocenters. The number of nitrogens with two attached hydrogens (primary N) is 1. The Morgan fingerprint density at radius 3 is 2.59 bits per heavy atom. The Hall–Kier alpha value is -2.27. The number of ether oxygens (including phenoxy) is 1. The number of aliphatic hydroxyl groups excluding tert-OH is 3. The van der Waals surface area contributed by atoms with E-state index in [0.29, 0.717) is 0 Å². The van der Waals surface area contributed by atoms with Gasteiger partial charge in [-0.1, -0.05) is 6.58 Å². The summed E-state index contributed by atoms with van der Waals surface area (Å²) in [7, 11) is 0. The molecule has 0 aromatic carbocycles. The van der Waals surface area contributed by atoms with E-state index in [-0.39, 0.29) is 11.4 Å². The summed E-state index contributed by atoms with van der Waals surface area (Å²) >= 11 is 0. The van der Waals surface area contributed by atoms with Gasteiger partial charge in [0, 0.05) is 11.8 Å². The average Bonchev–Trinajstić information content (AvgIpc) is 2.74. The van der Waals surface area contributed by atoms with Crippen molar-refractivity contribution < 1.29 is 30.0 Å². The topological polar surface area (TPSA) is 168 Å². The lowest BCUT2D eigenvalue weighted by Gasteiger charge is -2.18. The second-order valence-electron chi connectivity index (χ2n) is 4.74. The third kappa shape index (κ3) is 2.60. The van der Waals surface area contributed by atoms with E-state index in [2.05, 4.69) is 11.6 Å². The molecule has 2 heterocycles. The van der Waals surface area contributed by atoms with Gasteiger partial charge in [-0.25, -0.2) is 9.59 Å². The first-order valence-corrected chi connectivity index (χ1v) is 6.21. The van der Waals surface area contributed by atoms with E-state index in [4.69, 9.17) is 20.7 Å². The fourth-order valence-corrected chi connectivity index (χ4v) is 2.12. The lowest BCUT2D eigenvalue weighted by molar-refractivity contribution is -0.130. The zero-order valence-electron chi connectivity index (χ0n) is 11.3. The second kappa shape index (κ2) is 5.85. The molecule has 1 aliphatic rings. The highest BCUT2D eigenvalue weighted by Crippen LogP contribution is 2.29. The smallest absolute Gasteiger partial charge is 0.351 e. The van der Waals surface area contributed by atoms with Gasteiger partial charge in [0.05, 0.1) is 12.2 Å². The molecule has 10 nitrogen and oxygen atoms in total. The SMILES string of the molecule is C=C(C(=O)O)c1cn([C@@H]2O[C@H](CO)[C@@H](O)[C@H]2O)c(=O)nc1N. The van der Waals surface area contributed by atoms with Gasteiger partial charge >= 0.3 is 11.7 Å². The fourth-order valence-electron chi connectivity index (χ4n) is 2.12. The molecule has 6 N–H and O–H groups in total. The maximum atomic E-state index is 11.9. The maximum Gasteiger partial charge on any atom is 0.351 e. The van der Waals surface area contributed by atoms with Crippen LogP contribution in [0.1, 0.15) is 11.8 Å². The summed E-state index contributed by atoms with van der Waals surface area (Å²) in [5.74, 6) is -1.69. The van der Waals surface area contributed by atoms with E-state index in [1.807, 2.05) is 0 Å². The van der Waals surface area contributed by atoms with E-state index >= 15 is 0 Å². The van der Waals surface area contributed by atoms with Gasteiger partial charge in [0.2, 0.25) is 0 Å². The average molecular weight is 313 g/mol. The van der Waals surface area contributed by atoms with Crippen molar-refractivity contribution in [3.8, 4) is 0 Å². The number of carbonyl (C=O) groups is 1. The third-order valence-electron chi connectivity index (χ3n) is 3.36. The molecule has 1 saturated heterocycles. The first kappa shape index (κ1) is 16.1. The number of nitrogen functional groups attached to an aromatic ring is 1. The highest BCUT2D eigenvalue weighted by Gasteiger charge is 2.44. The van der Waals surface area contributed by atoms with Crippen molar-refractivity contribution in [2.24, 2.45) is 0 Å². The van der Waals surface area contributed by atoms with Gasteiger partial charge in [0.15, 0.2) is 6.23 Å². The lowest BCUT2D eigenvalue weighted by atomic mass is 10.1. The monoisotopic (exact) mass is 313 g/mol. The number of hydrogen-bond acceptors (Lipinski definition) is 8. The van der Waals surface area contributed by atoms with E-state index in [9.17, 15) is 19.8 Å². The molecule has 10 heteroatoms. The molecule has 0 radical (unpaired) electrons. The minimum Gasteiger partial charge on any atom is -0.478 e. The molecule has 1 aliphatic heterocycles. The minimum absolute atomic E-state index is 0.121. The highest BCUT2D eigenvalue weighted by atomic mass is 16.6. The minimum atomic E-state index is -1.51. The van der Waals surface area contributed by atoms with Crippen LogP contribution in [0, 0.1) is 0 Å². The standard InChI is InChI=1S/C12H15N3O7/c1-4(11(19)20)5-2-15(12(21)14-9(5)13)10-8(18)7(17)6(3-16)22-10/h2,6-8,10,16-18H,1,3H2,(H,19,20)(H2,13,14,21)/t6-,7-,8-,10-/m1/s1. The Bertz CT molecular complexity index is 671. The Labute approximate surface area is 123 Å². The van der Waals surface area contributed by atoms with Gasteiger partial charge in [0.1, 0.15) is 24.1 Å². The van der Waals surface area contributed by atoms with Gasteiger partial charge in [-0.15, -0.1) is 0 Å². The number of nitrogens with zero attached hydrogens (tertiary/aromatic N) is 2. The van der Waals surface area contributed by atoms with Crippen LogP contribution in [0.5, 0.6) is 0 Å². The van der Waals surface area contributed by atoms with Gasteiger partial charge < -0.3 is 30.9 Å². The second-order valence-corrected chi connectivity index (χ2v) is 4.74. The molecular formula is C12H15N3O7. The predicted octanol–water partition coefficient (Wildman–Crippen LogP) is -2.47. The zero-order chi connectivity index (χ0) is 16.6. The maximum absolute atomic E-state index is 11.9. The molecule has 0 unspecified atom stereocenters. The Morgan fingerprint density at radius 2 is 2.09 bits per heavy atom. The first-order chi connectivity index (χ1) is 10.3. The van der Waals surface area contributed by atoms with Gasteiger partial charge in [0.25, 0.3) is 0 Å². The molecular weight excluding hydrogens is 298 g/mol. The van der Waals surface area contributed by atoms with Crippen molar-refractivity contribution in [1.29, 1.82) is 0 Å².